The van der Waals surface area contributed by atoms with E-state index in [-0.39, 0.29) is 24.2 Å². The maximum atomic E-state index is 12.9. The highest BCUT2D eigenvalue weighted by atomic mass is 16.5. The Kier molecular flexibility index (Phi) is 4.69. The summed E-state index contributed by atoms with van der Waals surface area (Å²) in [5, 5.41) is 19.6. The van der Waals surface area contributed by atoms with Crippen LogP contribution in [0.1, 0.15) is 34.0 Å². The molecule has 8 heteroatoms. The molecular weight excluding hydrogens is 324 g/mol. The average molecular weight is 344 g/mol. The molecule has 2 aromatic rings. The predicted octanol–water partition coefficient (Wildman–Crippen LogP) is 1.45. The van der Waals surface area contributed by atoms with Gasteiger partial charge in [0.25, 0.3) is 5.91 Å². The van der Waals surface area contributed by atoms with Gasteiger partial charge in [0.15, 0.2) is 0 Å². The Morgan fingerprint density at radius 1 is 1.40 bits per heavy atom. The summed E-state index contributed by atoms with van der Waals surface area (Å²) in [6.07, 6.45) is 1.57. The summed E-state index contributed by atoms with van der Waals surface area (Å²) in [7, 11) is 1.57. The first-order chi connectivity index (χ1) is 12.0. The zero-order chi connectivity index (χ0) is 18.0. The highest BCUT2D eigenvalue weighted by molar-refractivity contribution is 5.95. The van der Waals surface area contributed by atoms with Crippen LogP contribution in [0.2, 0.25) is 0 Å². The molecule has 0 bridgehead atoms. The number of carboxylic acid groups (broad SMARTS) is 1. The van der Waals surface area contributed by atoms with Gasteiger partial charge in [0.2, 0.25) is 0 Å². The molecule has 0 spiro atoms. The molecule has 132 valence electrons. The minimum Gasteiger partial charge on any atom is -0.496 e. The monoisotopic (exact) mass is 344 g/mol. The number of ether oxygens (including phenoxy) is 1. The number of rotatable bonds is 5. The number of carbonyl (C=O) groups excluding carboxylic acids is 1. The zero-order valence-electron chi connectivity index (χ0n) is 14.1. The van der Waals surface area contributed by atoms with E-state index in [0.29, 0.717) is 30.1 Å². The predicted molar refractivity (Wildman–Crippen MR) is 88.5 cm³/mol. The highest BCUT2D eigenvalue weighted by Crippen LogP contribution is 2.34. The van der Waals surface area contributed by atoms with Gasteiger partial charge < -0.3 is 14.7 Å². The number of aromatic nitrogens is 3. The van der Waals surface area contributed by atoms with Gasteiger partial charge in [0.05, 0.1) is 25.4 Å². The van der Waals surface area contributed by atoms with Crippen molar-refractivity contribution in [3.8, 4) is 5.75 Å². The summed E-state index contributed by atoms with van der Waals surface area (Å²) in [6, 6.07) is 5.31. The summed E-state index contributed by atoms with van der Waals surface area (Å²) in [5.41, 5.74) is 2.16. The molecule has 1 aliphatic rings. The van der Waals surface area contributed by atoms with Crippen molar-refractivity contribution in [3.63, 3.8) is 0 Å². The van der Waals surface area contributed by atoms with Crippen LogP contribution in [0.5, 0.6) is 5.75 Å². The van der Waals surface area contributed by atoms with E-state index in [1.165, 1.54) is 0 Å². The summed E-state index contributed by atoms with van der Waals surface area (Å²) < 4.78 is 5.28. The van der Waals surface area contributed by atoms with Crippen LogP contribution in [0.3, 0.4) is 0 Å². The Balaban J connectivity index is 1.83. The molecule has 0 radical (unpaired) electrons. The van der Waals surface area contributed by atoms with E-state index in [0.717, 1.165) is 5.56 Å². The number of amides is 1. The van der Waals surface area contributed by atoms with Crippen molar-refractivity contribution in [2.24, 2.45) is 5.92 Å². The van der Waals surface area contributed by atoms with Crippen LogP contribution >= 0.6 is 0 Å². The molecule has 0 saturated carbocycles. The first-order valence-corrected chi connectivity index (χ1v) is 8.01. The quantitative estimate of drug-likeness (QED) is 0.850. The van der Waals surface area contributed by atoms with E-state index in [4.69, 9.17) is 9.84 Å². The van der Waals surface area contributed by atoms with Gasteiger partial charge in [0, 0.05) is 24.6 Å². The van der Waals surface area contributed by atoms with Gasteiger partial charge in [-0.1, -0.05) is 6.07 Å². The van der Waals surface area contributed by atoms with Gasteiger partial charge in [-0.3, -0.25) is 9.59 Å². The largest absolute Gasteiger partial charge is 0.496 e. The highest BCUT2D eigenvalue weighted by Gasteiger charge is 2.38. The van der Waals surface area contributed by atoms with Crippen LogP contribution in [0, 0.1) is 12.8 Å². The molecule has 1 amide bonds. The lowest BCUT2D eigenvalue weighted by molar-refractivity contribution is -0.138. The number of hydrogen-bond donors (Lipinski definition) is 2. The SMILES string of the molecule is COc1cc(C(=O)N2C[C@H](CC(=O)O)[C@H](c3cn[nH]n3)C2)ccc1C. The second-order valence-corrected chi connectivity index (χ2v) is 6.25. The van der Waals surface area contributed by atoms with E-state index in [2.05, 4.69) is 15.4 Å². The molecule has 0 unspecified atom stereocenters. The average Bonchev–Trinajstić information content (AvgIpc) is 3.23. The molecule has 2 heterocycles. The van der Waals surface area contributed by atoms with Crippen LogP contribution in [0.25, 0.3) is 0 Å². The molecular formula is C17H20N4O4. The first-order valence-electron chi connectivity index (χ1n) is 8.01. The molecule has 1 aliphatic heterocycles. The summed E-state index contributed by atoms with van der Waals surface area (Å²) in [6.45, 7) is 2.70. The third-order valence-electron chi connectivity index (χ3n) is 4.63. The normalized spacial score (nSPS) is 19.8. The fourth-order valence-corrected chi connectivity index (χ4v) is 3.33. The third-order valence-corrected chi connectivity index (χ3v) is 4.63. The summed E-state index contributed by atoms with van der Waals surface area (Å²) >= 11 is 0. The van der Waals surface area contributed by atoms with Crippen molar-refractivity contribution < 1.29 is 19.4 Å². The molecule has 1 fully saturated rings. The van der Waals surface area contributed by atoms with Crippen molar-refractivity contribution in [2.45, 2.75) is 19.3 Å². The fraction of sp³-hybridized carbons (Fsp3) is 0.412. The molecule has 2 N–H and O–H groups in total. The van der Waals surface area contributed by atoms with Crippen LogP contribution in [-0.4, -0.2) is 57.5 Å². The number of aliphatic carboxylic acids is 1. The standard InChI is InChI=1S/C17H20N4O4/c1-10-3-4-11(5-15(10)25-2)17(24)21-8-12(6-16(22)23)13(9-21)14-7-18-20-19-14/h3-5,7,12-13H,6,8-9H2,1-2H3,(H,22,23)(H,18,19,20)/t12-,13+/m0/s1. The third kappa shape index (κ3) is 3.47. The number of nitrogens with zero attached hydrogens (tertiary/aromatic N) is 3. The smallest absolute Gasteiger partial charge is 0.303 e. The number of likely N-dealkylation sites (tertiary alicyclic amines) is 1. The van der Waals surface area contributed by atoms with Crippen molar-refractivity contribution >= 4 is 11.9 Å². The Morgan fingerprint density at radius 3 is 2.84 bits per heavy atom. The molecule has 8 nitrogen and oxygen atoms in total. The molecule has 1 saturated heterocycles. The Labute approximate surface area is 144 Å². The minimum absolute atomic E-state index is 0.0154. The van der Waals surface area contributed by atoms with Crippen molar-refractivity contribution in [3.05, 3.63) is 41.2 Å². The first kappa shape index (κ1) is 16.9. The maximum Gasteiger partial charge on any atom is 0.303 e. The van der Waals surface area contributed by atoms with Gasteiger partial charge in [-0.05, 0) is 30.5 Å². The number of methoxy groups -OCH3 is 1. The van der Waals surface area contributed by atoms with Gasteiger partial charge in [0.1, 0.15) is 5.75 Å². The Bertz CT molecular complexity index is 775. The lowest BCUT2D eigenvalue weighted by atomic mass is 9.91. The second-order valence-electron chi connectivity index (χ2n) is 6.25. The molecule has 1 aromatic heterocycles. The van der Waals surface area contributed by atoms with Crippen molar-refractivity contribution in [1.82, 2.24) is 20.3 Å². The zero-order valence-corrected chi connectivity index (χ0v) is 14.1. The molecule has 1 aromatic carbocycles. The van der Waals surface area contributed by atoms with E-state index < -0.39 is 5.97 Å². The topological polar surface area (TPSA) is 108 Å². The minimum atomic E-state index is -0.884. The van der Waals surface area contributed by atoms with E-state index in [1.807, 2.05) is 13.0 Å². The summed E-state index contributed by atoms with van der Waals surface area (Å²) in [4.78, 5) is 25.7. The van der Waals surface area contributed by atoms with Gasteiger partial charge in [-0.25, -0.2) is 0 Å². The maximum absolute atomic E-state index is 12.9. The molecule has 25 heavy (non-hydrogen) atoms. The summed E-state index contributed by atoms with van der Waals surface area (Å²) in [5.74, 6) is -0.713. The van der Waals surface area contributed by atoms with E-state index in [9.17, 15) is 9.59 Å². The number of hydrogen-bond acceptors (Lipinski definition) is 5. The van der Waals surface area contributed by atoms with Gasteiger partial charge in [-0.2, -0.15) is 15.4 Å². The number of aromatic amines is 1. The van der Waals surface area contributed by atoms with Crippen molar-refractivity contribution in [1.29, 1.82) is 0 Å². The number of carbonyl (C=O) groups is 2. The van der Waals surface area contributed by atoms with E-state index in [1.54, 1.807) is 30.3 Å². The van der Waals surface area contributed by atoms with Crippen LogP contribution in [-0.2, 0) is 4.79 Å². The number of nitrogens with one attached hydrogen (secondary N) is 1. The van der Waals surface area contributed by atoms with Crippen LogP contribution < -0.4 is 4.74 Å². The van der Waals surface area contributed by atoms with Gasteiger partial charge >= 0.3 is 5.97 Å². The number of carboxylic acids is 1. The lowest BCUT2D eigenvalue weighted by Crippen LogP contribution is -2.29. The van der Waals surface area contributed by atoms with E-state index >= 15 is 0 Å². The van der Waals surface area contributed by atoms with Crippen LogP contribution in [0.4, 0.5) is 0 Å². The Hall–Kier alpha value is -2.90. The van der Waals surface area contributed by atoms with Gasteiger partial charge in [-0.15, -0.1) is 0 Å². The molecule has 3 rings (SSSR count). The lowest BCUT2D eigenvalue weighted by Gasteiger charge is -2.17. The van der Waals surface area contributed by atoms with Crippen molar-refractivity contribution in [2.75, 3.05) is 20.2 Å². The fourth-order valence-electron chi connectivity index (χ4n) is 3.33. The number of benzene rings is 1. The van der Waals surface area contributed by atoms with Crippen LogP contribution in [0.15, 0.2) is 24.4 Å². The second kappa shape index (κ2) is 6.92. The molecule has 0 aliphatic carbocycles. The number of H-pyrrole nitrogens is 1. The Morgan fingerprint density at radius 2 is 2.20 bits per heavy atom. The molecule has 2 atom stereocenters. The number of aryl methyl sites for hydroxylation is 1.